The van der Waals surface area contributed by atoms with Gasteiger partial charge in [0.15, 0.2) is 5.16 Å². The number of esters is 1. The standard InChI is InChI=1S/C25H21ClN4O4S2/c1-34-24(33)14-6-9-16(10-7-14)28-20(31)13-35-25-29-22-21(17-4-2-3-5-18(17)36-22)23(32)30(25)19-11-8-15(26)12-27-19/h6-12H,2-5,13H2,1H3,(H,28,31). The number of fused-ring (bicyclic) bond motifs is 3. The smallest absolute Gasteiger partial charge is 0.337 e. The van der Waals surface area contributed by atoms with Gasteiger partial charge in [0.1, 0.15) is 10.6 Å². The van der Waals surface area contributed by atoms with Crippen molar-refractivity contribution in [1.29, 1.82) is 0 Å². The Kier molecular flexibility index (Phi) is 7.08. The molecule has 0 unspecified atom stereocenters. The summed E-state index contributed by atoms with van der Waals surface area (Å²) in [6.07, 6.45) is 5.46. The first-order valence-electron chi connectivity index (χ1n) is 11.2. The average molecular weight is 541 g/mol. The van der Waals surface area contributed by atoms with E-state index in [1.54, 1.807) is 47.7 Å². The Morgan fingerprint density at radius 1 is 1.17 bits per heavy atom. The first kappa shape index (κ1) is 24.5. The van der Waals surface area contributed by atoms with Gasteiger partial charge in [-0.3, -0.25) is 9.59 Å². The van der Waals surface area contributed by atoms with Gasteiger partial charge in [0.05, 0.1) is 28.8 Å². The van der Waals surface area contributed by atoms with Crippen LogP contribution in [0.25, 0.3) is 16.0 Å². The average Bonchev–Trinajstić information content (AvgIpc) is 3.27. The summed E-state index contributed by atoms with van der Waals surface area (Å²) in [7, 11) is 1.31. The van der Waals surface area contributed by atoms with Gasteiger partial charge in [0.2, 0.25) is 5.91 Å². The molecular formula is C25H21ClN4O4S2. The highest BCUT2D eigenvalue weighted by Gasteiger charge is 2.23. The summed E-state index contributed by atoms with van der Waals surface area (Å²) in [4.78, 5) is 49.1. The minimum absolute atomic E-state index is 0.0232. The Hall–Kier alpha value is -3.21. The number of aromatic nitrogens is 3. The number of hydrogen-bond donors (Lipinski definition) is 1. The Morgan fingerprint density at radius 2 is 1.94 bits per heavy atom. The van der Waals surface area contributed by atoms with Crippen molar-refractivity contribution in [2.75, 3.05) is 18.2 Å². The lowest BCUT2D eigenvalue weighted by Gasteiger charge is -2.13. The second-order valence-corrected chi connectivity index (χ2v) is 10.6. The highest BCUT2D eigenvalue weighted by atomic mass is 35.5. The quantitative estimate of drug-likeness (QED) is 0.211. The zero-order valence-electron chi connectivity index (χ0n) is 19.2. The summed E-state index contributed by atoms with van der Waals surface area (Å²) < 4.78 is 6.15. The van der Waals surface area contributed by atoms with E-state index in [0.29, 0.717) is 37.5 Å². The van der Waals surface area contributed by atoms with Gasteiger partial charge in [0, 0.05) is 16.8 Å². The number of carbonyl (C=O) groups excluding carboxylic acids is 2. The van der Waals surface area contributed by atoms with Crippen LogP contribution in [0.4, 0.5) is 5.69 Å². The van der Waals surface area contributed by atoms with E-state index in [2.05, 4.69) is 15.0 Å². The molecule has 3 heterocycles. The lowest BCUT2D eigenvalue weighted by atomic mass is 9.97. The van der Waals surface area contributed by atoms with Crippen molar-refractivity contribution in [3.63, 3.8) is 0 Å². The third-order valence-electron chi connectivity index (χ3n) is 5.82. The van der Waals surface area contributed by atoms with Gasteiger partial charge in [-0.05, 0) is 67.6 Å². The van der Waals surface area contributed by atoms with Crippen molar-refractivity contribution in [1.82, 2.24) is 14.5 Å². The van der Waals surface area contributed by atoms with Gasteiger partial charge in [-0.1, -0.05) is 23.4 Å². The number of carbonyl (C=O) groups is 2. The molecule has 3 aromatic heterocycles. The number of rotatable bonds is 6. The Bertz CT molecular complexity index is 1510. The van der Waals surface area contributed by atoms with E-state index in [4.69, 9.17) is 16.6 Å². The second kappa shape index (κ2) is 10.4. The molecule has 0 aliphatic heterocycles. The minimum Gasteiger partial charge on any atom is -0.465 e. The number of nitrogens with zero attached hydrogens (tertiary/aromatic N) is 3. The van der Waals surface area contributed by atoms with Crippen LogP contribution < -0.4 is 10.9 Å². The molecule has 0 saturated heterocycles. The number of thioether (sulfide) groups is 1. The van der Waals surface area contributed by atoms with E-state index in [1.165, 1.54) is 22.8 Å². The van der Waals surface area contributed by atoms with Crippen LogP contribution in [0.3, 0.4) is 0 Å². The number of aryl methyl sites for hydroxylation is 2. The lowest BCUT2D eigenvalue weighted by molar-refractivity contribution is -0.113. The van der Waals surface area contributed by atoms with Gasteiger partial charge in [-0.2, -0.15) is 0 Å². The van der Waals surface area contributed by atoms with E-state index in [0.717, 1.165) is 43.0 Å². The molecule has 0 bridgehead atoms. The van der Waals surface area contributed by atoms with Crippen molar-refractivity contribution >= 4 is 62.5 Å². The number of nitrogens with one attached hydrogen (secondary N) is 1. The fourth-order valence-corrected chi connectivity index (χ4v) is 6.34. The molecular weight excluding hydrogens is 520 g/mol. The van der Waals surface area contributed by atoms with Crippen LogP contribution in [0.1, 0.15) is 33.6 Å². The Morgan fingerprint density at radius 3 is 2.67 bits per heavy atom. The summed E-state index contributed by atoms with van der Waals surface area (Å²) in [6, 6.07) is 9.75. The molecule has 0 spiro atoms. The number of amides is 1. The number of ether oxygens (including phenoxy) is 1. The molecule has 0 radical (unpaired) electrons. The molecule has 11 heteroatoms. The lowest BCUT2D eigenvalue weighted by Crippen LogP contribution is -2.24. The molecule has 1 N–H and O–H groups in total. The van der Waals surface area contributed by atoms with Gasteiger partial charge < -0.3 is 10.1 Å². The number of methoxy groups -OCH3 is 1. The SMILES string of the molecule is COC(=O)c1ccc(NC(=O)CSc2nc3sc4c(c3c(=O)n2-c2ccc(Cl)cn2)CCCC4)cc1. The van der Waals surface area contributed by atoms with E-state index in [9.17, 15) is 14.4 Å². The molecule has 1 aliphatic carbocycles. The van der Waals surface area contributed by atoms with E-state index in [-0.39, 0.29) is 17.2 Å². The van der Waals surface area contributed by atoms with Crippen LogP contribution in [0, 0.1) is 0 Å². The zero-order valence-corrected chi connectivity index (χ0v) is 21.6. The molecule has 8 nitrogen and oxygen atoms in total. The summed E-state index contributed by atoms with van der Waals surface area (Å²) in [5.41, 5.74) is 1.83. The zero-order chi connectivity index (χ0) is 25.2. The highest BCUT2D eigenvalue weighted by Crippen LogP contribution is 2.35. The van der Waals surface area contributed by atoms with Crippen LogP contribution in [0.5, 0.6) is 0 Å². The van der Waals surface area contributed by atoms with Crippen molar-refractivity contribution in [2.24, 2.45) is 0 Å². The normalized spacial score (nSPS) is 12.8. The van der Waals surface area contributed by atoms with Crippen LogP contribution >= 0.6 is 34.7 Å². The first-order valence-corrected chi connectivity index (χ1v) is 13.4. The maximum Gasteiger partial charge on any atom is 0.337 e. The number of benzene rings is 1. The van der Waals surface area contributed by atoms with Crippen molar-refractivity contribution in [3.8, 4) is 5.82 Å². The second-order valence-electron chi connectivity index (χ2n) is 8.17. The Balaban J connectivity index is 1.44. The topological polar surface area (TPSA) is 103 Å². The summed E-state index contributed by atoms with van der Waals surface area (Å²) in [5, 5.41) is 4.29. The maximum absolute atomic E-state index is 13.7. The van der Waals surface area contributed by atoms with Crippen molar-refractivity contribution in [3.05, 3.63) is 74.0 Å². The molecule has 1 amide bonds. The van der Waals surface area contributed by atoms with Crippen LogP contribution in [-0.4, -0.2) is 39.3 Å². The Labute approximate surface area is 219 Å². The monoisotopic (exact) mass is 540 g/mol. The largest absolute Gasteiger partial charge is 0.465 e. The fraction of sp³-hybridized carbons (Fsp3) is 0.240. The molecule has 0 atom stereocenters. The molecule has 0 saturated carbocycles. The summed E-state index contributed by atoms with van der Waals surface area (Å²) >= 11 is 8.74. The van der Waals surface area contributed by atoms with Crippen LogP contribution in [0.2, 0.25) is 5.02 Å². The van der Waals surface area contributed by atoms with E-state index in [1.807, 2.05) is 0 Å². The minimum atomic E-state index is -0.450. The van der Waals surface area contributed by atoms with Crippen LogP contribution in [-0.2, 0) is 22.4 Å². The van der Waals surface area contributed by atoms with E-state index < -0.39 is 5.97 Å². The predicted octanol–water partition coefficient (Wildman–Crippen LogP) is 4.89. The molecule has 0 fully saturated rings. The number of anilines is 1. The maximum atomic E-state index is 13.7. The molecule has 1 aliphatic rings. The van der Waals surface area contributed by atoms with Crippen LogP contribution in [0.15, 0.2) is 52.5 Å². The predicted molar refractivity (Wildman–Crippen MR) is 142 cm³/mol. The molecule has 184 valence electrons. The molecule has 36 heavy (non-hydrogen) atoms. The van der Waals surface area contributed by atoms with Gasteiger partial charge in [-0.15, -0.1) is 11.3 Å². The third kappa shape index (κ3) is 4.88. The number of hydrogen-bond acceptors (Lipinski definition) is 8. The first-order chi connectivity index (χ1) is 17.4. The fourth-order valence-electron chi connectivity index (χ4n) is 4.12. The van der Waals surface area contributed by atoms with Crippen molar-refractivity contribution in [2.45, 2.75) is 30.8 Å². The van der Waals surface area contributed by atoms with E-state index >= 15 is 0 Å². The number of thiophene rings is 1. The highest BCUT2D eigenvalue weighted by molar-refractivity contribution is 7.99. The number of pyridine rings is 1. The van der Waals surface area contributed by atoms with Gasteiger partial charge in [0.25, 0.3) is 5.56 Å². The molecule has 5 rings (SSSR count). The van der Waals surface area contributed by atoms with Gasteiger partial charge >= 0.3 is 5.97 Å². The number of halogens is 1. The summed E-state index contributed by atoms with van der Waals surface area (Å²) in [6.45, 7) is 0. The third-order valence-corrected chi connectivity index (χ3v) is 8.17. The molecule has 1 aromatic carbocycles. The summed E-state index contributed by atoms with van der Waals surface area (Å²) in [5.74, 6) is -0.305. The molecule has 4 aromatic rings. The van der Waals surface area contributed by atoms with Crippen molar-refractivity contribution < 1.29 is 14.3 Å². The van der Waals surface area contributed by atoms with Gasteiger partial charge in [-0.25, -0.2) is 19.3 Å².